The second-order valence-corrected chi connectivity index (χ2v) is 8.21. The van der Waals surface area contributed by atoms with Crippen molar-refractivity contribution in [3.8, 4) is 0 Å². The zero-order chi connectivity index (χ0) is 18.4. The molecule has 0 aliphatic heterocycles. The van der Waals surface area contributed by atoms with E-state index in [1.807, 2.05) is 0 Å². The van der Waals surface area contributed by atoms with Gasteiger partial charge in [-0.2, -0.15) is 0 Å². The average molecular weight is 355 g/mol. The summed E-state index contributed by atoms with van der Waals surface area (Å²) in [4.78, 5) is 0. The van der Waals surface area contributed by atoms with Gasteiger partial charge in [0, 0.05) is 0 Å². The van der Waals surface area contributed by atoms with Gasteiger partial charge in [0.15, 0.2) is 0 Å². The molecule has 0 heterocycles. The quantitative estimate of drug-likeness (QED) is 0.205. The zero-order valence-corrected chi connectivity index (χ0v) is 17.9. The number of aliphatic hydroxyl groups is 1. The van der Waals surface area contributed by atoms with Crippen LogP contribution in [0.4, 0.5) is 0 Å². The molecule has 1 unspecified atom stereocenters. The van der Waals surface area contributed by atoms with Crippen molar-refractivity contribution in [2.75, 3.05) is 0 Å². The lowest BCUT2D eigenvalue weighted by Gasteiger charge is -2.06. The zero-order valence-electron chi connectivity index (χ0n) is 17.9. The SMILES string of the molecule is CCCCCCCCCCCCCCCCCCCCCC(O)CC. The number of hydrogen-bond acceptors (Lipinski definition) is 1. The Morgan fingerprint density at radius 3 is 1.00 bits per heavy atom. The first-order valence-electron chi connectivity index (χ1n) is 12.0. The second kappa shape index (κ2) is 22.0. The molecule has 0 aromatic rings. The highest BCUT2D eigenvalue weighted by Gasteiger charge is 1.99. The molecule has 152 valence electrons. The van der Waals surface area contributed by atoms with Crippen molar-refractivity contribution in [3.05, 3.63) is 0 Å². The van der Waals surface area contributed by atoms with Gasteiger partial charge in [-0.1, -0.05) is 136 Å². The van der Waals surface area contributed by atoms with Gasteiger partial charge in [-0.25, -0.2) is 0 Å². The van der Waals surface area contributed by atoms with Crippen LogP contribution in [0.2, 0.25) is 0 Å². The number of hydrogen-bond donors (Lipinski definition) is 1. The van der Waals surface area contributed by atoms with E-state index in [1.54, 1.807) is 0 Å². The maximum atomic E-state index is 9.50. The molecule has 0 aliphatic carbocycles. The first kappa shape index (κ1) is 25.0. The van der Waals surface area contributed by atoms with Crippen molar-refractivity contribution >= 4 is 0 Å². The summed E-state index contributed by atoms with van der Waals surface area (Å²) in [6, 6.07) is 0. The first-order chi connectivity index (χ1) is 12.3. The molecule has 0 bridgehead atoms. The van der Waals surface area contributed by atoms with Gasteiger partial charge in [-0.3, -0.25) is 0 Å². The molecule has 0 rings (SSSR count). The summed E-state index contributed by atoms with van der Waals surface area (Å²) >= 11 is 0. The van der Waals surface area contributed by atoms with Gasteiger partial charge in [0.05, 0.1) is 6.10 Å². The van der Waals surface area contributed by atoms with Crippen LogP contribution >= 0.6 is 0 Å². The van der Waals surface area contributed by atoms with Crippen LogP contribution in [-0.4, -0.2) is 11.2 Å². The summed E-state index contributed by atoms with van der Waals surface area (Å²) in [7, 11) is 0. The molecule has 25 heavy (non-hydrogen) atoms. The van der Waals surface area contributed by atoms with Gasteiger partial charge in [-0.15, -0.1) is 0 Å². The second-order valence-electron chi connectivity index (χ2n) is 8.21. The van der Waals surface area contributed by atoms with Gasteiger partial charge in [-0.05, 0) is 12.8 Å². The molecule has 0 fully saturated rings. The average Bonchev–Trinajstić information content (AvgIpc) is 2.63. The molecular formula is C24H50O. The van der Waals surface area contributed by atoms with E-state index < -0.39 is 0 Å². The fraction of sp³-hybridized carbons (Fsp3) is 1.00. The third-order valence-electron chi connectivity index (χ3n) is 5.61. The molecule has 1 N–H and O–H groups in total. The van der Waals surface area contributed by atoms with E-state index in [-0.39, 0.29) is 6.10 Å². The molecule has 0 aromatic carbocycles. The maximum Gasteiger partial charge on any atom is 0.0537 e. The fourth-order valence-electron chi connectivity index (χ4n) is 3.66. The summed E-state index contributed by atoms with van der Waals surface area (Å²) in [6.45, 7) is 4.36. The molecule has 0 radical (unpaired) electrons. The summed E-state index contributed by atoms with van der Waals surface area (Å²) < 4.78 is 0. The predicted octanol–water partition coefficient (Wildman–Crippen LogP) is 8.58. The summed E-state index contributed by atoms with van der Waals surface area (Å²) in [5.41, 5.74) is 0. The molecular weight excluding hydrogens is 304 g/mol. The van der Waals surface area contributed by atoms with Crippen molar-refractivity contribution in [3.63, 3.8) is 0 Å². The lowest BCUT2D eigenvalue weighted by molar-refractivity contribution is 0.156. The van der Waals surface area contributed by atoms with Crippen molar-refractivity contribution < 1.29 is 5.11 Å². The monoisotopic (exact) mass is 354 g/mol. The topological polar surface area (TPSA) is 20.2 Å². The Balaban J connectivity index is 2.98. The highest BCUT2D eigenvalue weighted by molar-refractivity contribution is 4.54. The summed E-state index contributed by atoms with van der Waals surface area (Å²) in [5, 5.41) is 9.50. The molecule has 1 atom stereocenters. The van der Waals surface area contributed by atoms with E-state index in [2.05, 4.69) is 13.8 Å². The van der Waals surface area contributed by atoms with Crippen LogP contribution < -0.4 is 0 Å². The van der Waals surface area contributed by atoms with E-state index in [9.17, 15) is 5.11 Å². The van der Waals surface area contributed by atoms with Crippen LogP contribution in [0.25, 0.3) is 0 Å². The number of rotatable bonds is 21. The molecule has 0 aromatic heterocycles. The Morgan fingerprint density at radius 2 is 0.720 bits per heavy atom. The van der Waals surface area contributed by atoms with Crippen LogP contribution in [0.5, 0.6) is 0 Å². The minimum atomic E-state index is -0.0502. The van der Waals surface area contributed by atoms with Gasteiger partial charge in [0.1, 0.15) is 0 Å². The highest BCUT2D eigenvalue weighted by Crippen LogP contribution is 2.15. The van der Waals surface area contributed by atoms with E-state index in [4.69, 9.17) is 0 Å². The number of unbranched alkanes of at least 4 members (excludes halogenated alkanes) is 18. The summed E-state index contributed by atoms with van der Waals surface area (Å²) in [6.07, 6.45) is 29.0. The van der Waals surface area contributed by atoms with Crippen LogP contribution in [0, 0.1) is 0 Å². The standard InChI is InChI=1S/C24H50O/c1-3-5-6-7-8-9-10-11-12-13-14-15-16-17-18-19-20-21-22-23-24(25)4-2/h24-25H,3-23H2,1-2H3. The Labute approximate surface area is 160 Å². The molecule has 0 spiro atoms. The number of aliphatic hydroxyl groups excluding tert-OH is 1. The van der Waals surface area contributed by atoms with Crippen molar-refractivity contribution in [2.24, 2.45) is 0 Å². The summed E-state index contributed by atoms with van der Waals surface area (Å²) in [5.74, 6) is 0. The Kier molecular flexibility index (Phi) is 22.0. The van der Waals surface area contributed by atoms with Gasteiger partial charge < -0.3 is 5.11 Å². The van der Waals surface area contributed by atoms with Crippen LogP contribution in [0.1, 0.15) is 149 Å². The normalized spacial score (nSPS) is 12.6. The van der Waals surface area contributed by atoms with Crippen LogP contribution in [0.3, 0.4) is 0 Å². The molecule has 1 nitrogen and oxygen atoms in total. The Bertz CT molecular complexity index is 226. The van der Waals surface area contributed by atoms with Crippen LogP contribution in [-0.2, 0) is 0 Å². The Morgan fingerprint density at radius 1 is 0.440 bits per heavy atom. The van der Waals surface area contributed by atoms with E-state index in [1.165, 1.54) is 122 Å². The van der Waals surface area contributed by atoms with Crippen molar-refractivity contribution in [1.29, 1.82) is 0 Å². The molecule has 0 saturated carbocycles. The smallest absolute Gasteiger partial charge is 0.0537 e. The molecule has 0 saturated heterocycles. The predicted molar refractivity (Wildman–Crippen MR) is 114 cm³/mol. The third-order valence-corrected chi connectivity index (χ3v) is 5.61. The van der Waals surface area contributed by atoms with Crippen LogP contribution in [0.15, 0.2) is 0 Å². The highest BCUT2D eigenvalue weighted by atomic mass is 16.3. The third kappa shape index (κ3) is 21.9. The largest absolute Gasteiger partial charge is 0.393 e. The van der Waals surface area contributed by atoms with Gasteiger partial charge in [0.25, 0.3) is 0 Å². The Hall–Kier alpha value is -0.0400. The molecule has 0 aliphatic rings. The van der Waals surface area contributed by atoms with E-state index in [0.29, 0.717) is 0 Å². The minimum Gasteiger partial charge on any atom is -0.393 e. The van der Waals surface area contributed by atoms with E-state index in [0.717, 1.165) is 12.8 Å². The maximum absolute atomic E-state index is 9.50. The van der Waals surface area contributed by atoms with Crippen molar-refractivity contribution in [1.82, 2.24) is 0 Å². The lowest BCUT2D eigenvalue weighted by atomic mass is 10.0. The fourth-order valence-corrected chi connectivity index (χ4v) is 3.66. The van der Waals surface area contributed by atoms with E-state index >= 15 is 0 Å². The van der Waals surface area contributed by atoms with Gasteiger partial charge >= 0.3 is 0 Å². The molecule has 0 amide bonds. The molecule has 1 heteroatoms. The minimum absolute atomic E-state index is 0.0502. The first-order valence-corrected chi connectivity index (χ1v) is 12.0. The van der Waals surface area contributed by atoms with Crippen molar-refractivity contribution in [2.45, 2.75) is 155 Å². The lowest BCUT2D eigenvalue weighted by Crippen LogP contribution is -2.03. The van der Waals surface area contributed by atoms with Gasteiger partial charge in [0.2, 0.25) is 0 Å².